The van der Waals surface area contributed by atoms with E-state index in [-0.39, 0.29) is 6.35 Å². The lowest BCUT2D eigenvalue weighted by molar-refractivity contribution is 0.374. The quantitative estimate of drug-likeness (QED) is 0.497. The van der Waals surface area contributed by atoms with Crippen LogP contribution in [0.3, 0.4) is 0 Å². The lowest BCUT2D eigenvalue weighted by atomic mass is 11.7. The molecular formula is CH5NOP2. The normalized spacial score (nSPS) is 10.0. The van der Waals surface area contributed by atoms with Gasteiger partial charge in [0.05, 0.1) is 0 Å². The topological polar surface area (TPSA) is 32.6 Å². The van der Waals surface area contributed by atoms with Gasteiger partial charge in [0, 0.05) is 8.37 Å². The van der Waals surface area contributed by atoms with E-state index in [1.165, 1.54) is 0 Å². The van der Waals surface area contributed by atoms with Gasteiger partial charge in [-0.15, -0.1) is 0 Å². The molecule has 0 rings (SSSR count). The zero-order valence-electron chi connectivity index (χ0n) is 2.63. The molecule has 0 aromatic carbocycles. The van der Waals surface area contributed by atoms with Gasteiger partial charge in [-0.1, -0.05) is 0 Å². The van der Waals surface area contributed by atoms with Crippen molar-refractivity contribution < 1.29 is 5.11 Å². The molecule has 0 radical (unpaired) electrons. The van der Waals surface area contributed by atoms with Crippen LogP contribution in [0.2, 0.25) is 0 Å². The largest absolute Gasteiger partial charge is 0.386 e. The minimum Gasteiger partial charge on any atom is -0.386 e. The summed E-state index contributed by atoms with van der Waals surface area (Å²) in [6.45, 7) is 0. The van der Waals surface area contributed by atoms with Gasteiger partial charge in [0.1, 0.15) is 6.35 Å². The summed E-state index contributed by atoms with van der Waals surface area (Å²) in [6, 6.07) is 0. The molecule has 0 aliphatic rings. The van der Waals surface area contributed by atoms with Crippen molar-refractivity contribution in [2.75, 3.05) is 6.35 Å². The molecule has 1 atom stereocenters. The summed E-state index contributed by atoms with van der Waals surface area (Å²) in [6.07, 6.45) is 0.128. The summed E-state index contributed by atoms with van der Waals surface area (Å²) in [5, 5.41) is 7.95. The van der Waals surface area contributed by atoms with Gasteiger partial charge in [0.2, 0.25) is 0 Å². The number of aliphatic hydroxyl groups is 1. The third-order valence-electron chi connectivity index (χ3n) is 0.145. The Morgan fingerprint density at radius 1 is 2.00 bits per heavy atom. The fourth-order valence-corrected chi connectivity index (χ4v) is 0.329. The molecule has 0 aliphatic heterocycles. The van der Waals surface area contributed by atoms with E-state index in [4.69, 9.17) is 5.11 Å². The number of hydrogen-bond acceptors (Lipinski definition) is 2. The Bertz CT molecular complexity index is 36.6. The zero-order chi connectivity index (χ0) is 4.12. The highest BCUT2D eigenvalue weighted by Gasteiger charge is 1.55. The van der Waals surface area contributed by atoms with Crippen molar-refractivity contribution in [3.63, 3.8) is 0 Å². The van der Waals surface area contributed by atoms with E-state index >= 15 is 0 Å². The van der Waals surface area contributed by atoms with E-state index in [2.05, 4.69) is 13.9 Å². The molecule has 0 aliphatic carbocycles. The fraction of sp³-hybridized carbons (Fsp3) is 1.00. The van der Waals surface area contributed by atoms with Crippen LogP contribution in [-0.4, -0.2) is 11.5 Å². The summed E-state index contributed by atoms with van der Waals surface area (Å²) < 4.78 is 3.49. The minimum atomic E-state index is 0.128. The average molecular weight is 109 g/mol. The smallest absolute Gasteiger partial charge is 0.102 e. The highest BCUT2D eigenvalue weighted by molar-refractivity contribution is 7.34. The lowest BCUT2D eigenvalue weighted by Gasteiger charge is -1.65. The molecule has 0 aromatic heterocycles. The molecule has 0 bridgehead atoms. The molecule has 0 saturated carbocycles. The first-order valence-electron chi connectivity index (χ1n) is 1.09. The van der Waals surface area contributed by atoms with E-state index in [0.29, 0.717) is 0 Å². The molecule has 0 fully saturated rings. The number of hydrogen-bond donors (Lipinski definition) is 1. The summed E-state index contributed by atoms with van der Waals surface area (Å²) in [5.41, 5.74) is 0. The van der Waals surface area contributed by atoms with Crippen molar-refractivity contribution in [2.24, 2.45) is 4.52 Å². The highest BCUT2D eigenvalue weighted by atomic mass is 31.1. The first kappa shape index (κ1) is 5.49. The monoisotopic (exact) mass is 109 g/mol. The van der Waals surface area contributed by atoms with Crippen molar-refractivity contribution >= 4 is 17.8 Å². The highest BCUT2D eigenvalue weighted by Crippen LogP contribution is 1.99. The van der Waals surface area contributed by atoms with Gasteiger partial charge in [-0.05, 0) is 9.39 Å². The van der Waals surface area contributed by atoms with Crippen molar-refractivity contribution in [3.8, 4) is 0 Å². The molecule has 0 amide bonds. The third kappa shape index (κ3) is 4.49. The molecule has 1 N–H and O–H groups in total. The van der Waals surface area contributed by atoms with Crippen LogP contribution in [0.4, 0.5) is 0 Å². The Balaban J connectivity index is 2.62. The second-order valence-corrected chi connectivity index (χ2v) is 1.89. The Morgan fingerprint density at radius 3 is 2.60 bits per heavy atom. The van der Waals surface area contributed by atoms with Gasteiger partial charge in [0.15, 0.2) is 0 Å². The number of aliphatic hydroxyl groups excluding tert-OH is 1. The molecule has 5 heavy (non-hydrogen) atoms. The number of rotatable bonds is 1. The minimum absolute atomic E-state index is 0.128. The van der Waals surface area contributed by atoms with E-state index in [1.807, 2.05) is 0 Å². The summed E-state index contributed by atoms with van der Waals surface area (Å²) in [7, 11) is 2.88. The van der Waals surface area contributed by atoms with Crippen LogP contribution in [0.5, 0.6) is 0 Å². The van der Waals surface area contributed by atoms with Crippen LogP contribution in [0, 0.1) is 0 Å². The molecule has 0 aromatic rings. The van der Waals surface area contributed by atoms with Crippen LogP contribution in [0.15, 0.2) is 4.52 Å². The van der Waals surface area contributed by atoms with E-state index in [1.54, 1.807) is 0 Å². The molecule has 0 saturated heterocycles. The molecule has 1 unspecified atom stereocenters. The fourth-order valence-electron chi connectivity index (χ4n) is 0.0365. The van der Waals surface area contributed by atoms with Gasteiger partial charge in [0.25, 0.3) is 0 Å². The SMILES string of the molecule is OCP=NP. The first-order valence-corrected chi connectivity index (χ1v) is 2.64. The second-order valence-electron chi connectivity index (χ2n) is 0.398. The second kappa shape index (κ2) is 4.49. The summed E-state index contributed by atoms with van der Waals surface area (Å²) in [5.74, 6) is 0. The van der Waals surface area contributed by atoms with Crippen molar-refractivity contribution in [2.45, 2.75) is 0 Å². The standard InChI is InChI=1S/CH5NOP2/c3-1-5-2-4/h3H,1,4H2. The van der Waals surface area contributed by atoms with Crippen LogP contribution < -0.4 is 0 Å². The van der Waals surface area contributed by atoms with Crippen molar-refractivity contribution in [1.82, 2.24) is 0 Å². The molecular weight excluding hydrogens is 104 g/mol. The maximum atomic E-state index is 7.95. The molecule has 2 nitrogen and oxygen atoms in total. The Hall–Kier alpha value is 0.490. The maximum absolute atomic E-state index is 7.95. The van der Waals surface area contributed by atoms with Gasteiger partial charge < -0.3 is 5.11 Å². The van der Waals surface area contributed by atoms with Crippen LogP contribution >= 0.6 is 17.8 Å². The first-order chi connectivity index (χ1) is 2.41. The number of nitrogens with zero attached hydrogens (tertiary/aromatic N) is 1. The summed E-state index contributed by atoms with van der Waals surface area (Å²) >= 11 is 0. The maximum Gasteiger partial charge on any atom is 0.102 e. The van der Waals surface area contributed by atoms with Gasteiger partial charge in [-0.25, -0.2) is 4.52 Å². The molecule has 4 heteroatoms. The van der Waals surface area contributed by atoms with Crippen molar-refractivity contribution in [3.05, 3.63) is 0 Å². The van der Waals surface area contributed by atoms with E-state index < -0.39 is 0 Å². The van der Waals surface area contributed by atoms with Crippen LogP contribution in [0.1, 0.15) is 0 Å². The Morgan fingerprint density at radius 2 is 2.60 bits per heavy atom. The van der Waals surface area contributed by atoms with Crippen LogP contribution in [-0.2, 0) is 0 Å². The molecule has 30 valence electrons. The van der Waals surface area contributed by atoms with Gasteiger partial charge in [-0.3, -0.25) is 0 Å². The lowest BCUT2D eigenvalue weighted by Crippen LogP contribution is -1.52. The van der Waals surface area contributed by atoms with E-state index in [9.17, 15) is 0 Å². The molecule has 0 heterocycles. The zero-order valence-corrected chi connectivity index (χ0v) is 4.68. The molecule has 0 spiro atoms. The average Bonchev–Trinajstić information content (AvgIpc) is 1.41. The van der Waals surface area contributed by atoms with Gasteiger partial charge >= 0.3 is 0 Å². The third-order valence-corrected chi connectivity index (χ3v) is 0.925. The summed E-state index contributed by atoms with van der Waals surface area (Å²) in [4.78, 5) is 0. The van der Waals surface area contributed by atoms with Crippen molar-refractivity contribution in [1.29, 1.82) is 0 Å². The Labute approximate surface area is 34.7 Å². The Kier molecular flexibility index (Phi) is 4.93. The van der Waals surface area contributed by atoms with Crippen LogP contribution in [0.25, 0.3) is 0 Å². The predicted molar refractivity (Wildman–Crippen MR) is 26.1 cm³/mol. The predicted octanol–water partition coefficient (Wildman–Crippen LogP) is 0.856. The van der Waals surface area contributed by atoms with Gasteiger partial charge in [-0.2, -0.15) is 0 Å². The van der Waals surface area contributed by atoms with E-state index in [0.717, 1.165) is 8.37 Å².